The van der Waals surface area contributed by atoms with Crippen molar-refractivity contribution in [2.45, 2.75) is 30.4 Å². The Hall–Kier alpha value is -1.21. The Bertz CT molecular complexity index is 608. The number of halogens is 2. The van der Waals surface area contributed by atoms with Crippen LogP contribution >= 0.6 is 0 Å². The highest BCUT2D eigenvalue weighted by Gasteiger charge is 2.38. The molecule has 2 aliphatic rings. The van der Waals surface area contributed by atoms with Crippen LogP contribution in [0.1, 0.15) is 25.0 Å². The summed E-state index contributed by atoms with van der Waals surface area (Å²) in [5.41, 5.74) is 0. The molecule has 7 heteroatoms. The first kappa shape index (κ1) is 12.8. The standard InChI is InChI=1S/C12H13F2NO3S/c13-12(14)10-3-4-11(18-10)19(16,17)15-9-6-7-1-2-8(9)5-7/h1-4,7-9,12,15H,5-6H2. The van der Waals surface area contributed by atoms with Gasteiger partial charge in [0.1, 0.15) is 0 Å². The molecule has 1 aromatic rings. The van der Waals surface area contributed by atoms with Crippen molar-refractivity contribution in [2.75, 3.05) is 0 Å². The van der Waals surface area contributed by atoms with Crippen LogP contribution in [0, 0.1) is 11.8 Å². The molecule has 19 heavy (non-hydrogen) atoms. The molecule has 1 N–H and O–H groups in total. The molecule has 1 heterocycles. The van der Waals surface area contributed by atoms with E-state index in [-0.39, 0.29) is 12.0 Å². The lowest BCUT2D eigenvalue weighted by molar-refractivity contribution is 0.116. The van der Waals surface area contributed by atoms with E-state index in [1.165, 1.54) is 0 Å². The fourth-order valence-corrected chi connectivity index (χ4v) is 4.01. The maximum Gasteiger partial charge on any atom is 0.295 e. The molecule has 1 fully saturated rings. The van der Waals surface area contributed by atoms with Crippen molar-refractivity contribution >= 4 is 10.0 Å². The number of rotatable bonds is 4. The van der Waals surface area contributed by atoms with Crippen LogP contribution in [0.5, 0.6) is 0 Å². The second kappa shape index (κ2) is 4.42. The first-order valence-corrected chi connectivity index (χ1v) is 7.52. The molecule has 3 atom stereocenters. The summed E-state index contributed by atoms with van der Waals surface area (Å²) in [6.07, 6.45) is 3.00. The number of sulfonamides is 1. The molecule has 104 valence electrons. The van der Waals surface area contributed by atoms with Gasteiger partial charge in [-0.2, -0.15) is 0 Å². The predicted octanol–water partition coefficient (Wildman–Crippen LogP) is 2.46. The van der Waals surface area contributed by atoms with Crippen molar-refractivity contribution in [3.63, 3.8) is 0 Å². The average Bonchev–Trinajstić information content (AvgIpc) is 3.04. The van der Waals surface area contributed by atoms with Crippen molar-refractivity contribution < 1.29 is 21.6 Å². The largest absolute Gasteiger partial charge is 0.442 e. The Labute approximate surface area is 109 Å². The van der Waals surface area contributed by atoms with Gasteiger partial charge in [0.2, 0.25) is 5.09 Å². The third-order valence-electron chi connectivity index (χ3n) is 3.67. The van der Waals surface area contributed by atoms with Gasteiger partial charge in [0, 0.05) is 6.04 Å². The van der Waals surface area contributed by atoms with E-state index in [0.717, 1.165) is 25.0 Å². The first-order chi connectivity index (χ1) is 8.95. The lowest BCUT2D eigenvalue weighted by Gasteiger charge is -2.18. The average molecular weight is 289 g/mol. The summed E-state index contributed by atoms with van der Waals surface area (Å²) in [6.45, 7) is 0. The van der Waals surface area contributed by atoms with E-state index in [2.05, 4.69) is 15.2 Å². The van der Waals surface area contributed by atoms with E-state index in [4.69, 9.17) is 0 Å². The minimum atomic E-state index is -3.86. The Balaban J connectivity index is 1.77. The van der Waals surface area contributed by atoms with E-state index in [1.54, 1.807) is 0 Å². The van der Waals surface area contributed by atoms with Gasteiger partial charge in [-0.15, -0.1) is 0 Å². The maximum atomic E-state index is 12.4. The van der Waals surface area contributed by atoms with E-state index in [1.807, 2.05) is 6.08 Å². The molecule has 0 aromatic carbocycles. The maximum absolute atomic E-state index is 12.4. The van der Waals surface area contributed by atoms with Gasteiger partial charge >= 0.3 is 0 Å². The fraction of sp³-hybridized carbons (Fsp3) is 0.500. The monoisotopic (exact) mass is 289 g/mol. The van der Waals surface area contributed by atoms with Gasteiger partial charge < -0.3 is 4.42 Å². The zero-order valence-electron chi connectivity index (χ0n) is 9.92. The van der Waals surface area contributed by atoms with Gasteiger partial charge in [0.25, 0.3) is 16.4 Å². The van der Waals surface area contributed by atoms with Gasteiger partial charge in [0.15, 0.2) is 5.76 Å². The number of hydrogen-bond acceptors (Lipinski definition) is 3. The van der Waals surface area contributed by atoms with E-state index < -0.39 is 27.3 Å². The molecule has 4 nitrogen and oxygen atoms in total. The minimum Gasteiger partial charge on any atom is -0.442 e. The SMILES string of the molecule is O=S(=O)(NC1CC2C=CC1C2)c1ccc(C(F)F)o1. The van der Waals surface area contributed by atoms with Crippen molar-refractivity contribution in [3.8, 4) is 0 Å². The van der Waals surface area contributed by atoms with Gasteiger partial charge in [-0.3, -0.25) is 0 Å². The minimum absolute atomic E-state index is 0.167. The summed E-state index contributed by atoms with van der Waals surface area (Å²) in [7, 11) is -3.86. The van der Waals surface area contributed by atoms with Crippen LogP contribution in [0.3, 0.4) is 0 Å². The number of fused-ring (bicyclic) bond motifs is 2. The predicted molar refractivity (Wildman–Crippen MR) is 63.1 cm³/mol. The summed E-state index contributed by atoms with van der Waals surface area (Å²) < 4.78 is 56.0. The molecule has 0 saturated heterocycles. The zero-order chi connectivity index (χ0) is 13.6. The summed E-state index contributed by atoms with van der Waals surface area (Å²) in [5.74, 6) is -0.0107. The highest BCUT2D eigenvalue weighted by atomic mass is 32.2. The lowest BCUT2D eigenvalue weighted by Crippen LogP contribution is -2.37. The quantitative estimate of drug-likeness (QED) is 0.866. The first-order valence-electron chi connectivity index (χ1n) is 6.04. The van der Waals surface area contributed by atoms with Crippen LogP contribution in [-0.2, 0) is 10.0 Å². The number of furan rings is 1. The third kappa shape index (κ3) is 2.32. The summed E-state index contributed by atoms with van der Waals surface area (Å²) >= 11 is 0. The molecule has 2 bridgehead atoms. The highest BCUT2D eigenvalue weighted by Crippen LogP contribution is 2.39. The Kier molecular flexibility index (Phi) is 2.98. The van der Waals surface area contributed by atoms with Crippen LogP contribution in [0.2, 0.25) is 0 Å². The second-order valence-corrected chi connectivity index (χ2v) is 6.61. The van der Waals surface area contributed by atoms with Crippen LogP contribution in [0.15, 0.2) is 33.8 Å². The third-order valence-corrected chi connectivity index (χ3v) is 5.03. The summed E-state index contributed by atoms with van der Waals surface area (Å²) in [4.78, 5) is 0. The van der Waals surface area contributed by atoms with Gasteiger partial charge in [-0.1, -0.05) is 12.2 Å². The summed E-state index contributed by atoms with van der Waals surface area (Å²) in [6, 6.07) is 1.88. The van der Waals surface area contributed by atoms with Crippen LogP contribution < -0.4 is 4.72 Å². The number of nitrogens with one attached hydrogen (secondary N) is 1. The van der Waals surface area contributed by atoms with E-state index >= 15 is 0 Å². The molecule has 0 spiro atoms. The molecule has 0 amide bonds. The second-order valence-electron chi connectivity index (χ2n) is 4.97. The van der Waals surface area contributed by atoms with Crippen LogP contribution in [0.4, 0.5) is 8.78 Å². The molecular weight excluding hydrogens is 276 g/mol. The van der Waals surface area contributed by atoms with Gasteiger partial charge in [-0.05, 0) is 36.8 Å². The Morgan fingerprint density at radius 2 is 2.05 bits per heavy atom. The molecule has 3 rings (SSSR count). The summed E-state index contributed by atoms with van der Waals surface area (Å²) in [5, 5.41) is -0.449. The molecular formula is C12H13F2NO3S. The Morgan fingerprint density at radius 3 is 2.58 bits per heavy atom. The Morgan fingerprint density at radius 1 is 1.26 bits per heavy atom. The van der Waals surface area contributed by atoms with Crippen molar-refractivity contribution in [3.05, 3.63) is 30.0 Å². The normalized spacial score (nSPS) is 29.5. The zero-order valence-corrected chi connectivity index (χ0v) is 10.7. The highest BCUT2D eigenvalue weighted by molar-refractivity contribution is 7.89. The van der Waals surface area contributed by atoms with E-state index in [9.17, 15) is 17.2 Å². The van der Waals surface area contributed by atoms with Gasteiger partial charge in [-0.25, -0.2) is 21.9 Å². The molecule has 1 saturated carbocycles. The lowest BCUT2D eigenvalue weighted by atomic mass is 10.0. The number of alkyl halides is 2. The molecule has 2 aliphatic carbocycles. The molecule has 0 aliphatic heterocycles. The smallest absolute Gasteiger partial charge is 0.295 e. The number of allylic oxidation sites excluding steroid dienone is 1. The van der Waals surface area contributed by atoms with Crippen molar-refractivity contribution in [2.24, 2.45) is 11.8 Å². The van der Waals surface area contributed by atoms with Gasteiger partial charge in [0.05, 0.1) is 0 Å². The number of hydrogen-bond donors (Lipinski definition) is 1. The van der Waals surface area contributed by atoms with Crippen LogP contribution in [-0.4, -0.2) is 14.5 Å². The van der Waals surface area contributed by atoms with E-state index in [0.29, 0.717) is 5.92 Å². The molecule has 1 aromatic heterocycles. The van der Waals surface area contributed by atoms with Crippen molar-refractivity contribution in [1.82, 2.24) is 4.72 Å². The van der Waals surface area contributed by atoms with Crippen molar-refractivity contribution in [1.29, 1.82) is 0 Å². The van der Waals surface area contributed by atoms with Crippen LogP contribution in [0.25, 0.3) is 0 Å². The molecule has 3 unspecified atom stereocenters. The molecule has 0 radical (unpaired) electrons. The fourth-order valence-electron chi connectivity index (χ4n) is 2.77. The topological polar surface area (TPSA) is 59.3 Å².